The fourth-order valence-electron chi connectivity index (χ4n) is 3.48. The number of amides is 1. The molecule has 2 heterocycles. The van der Waals surface area contributed by atoms with E-state index in [1.54, 1.807) is 23.1 Å². The van der Waals surface area contributed by atoms with Crippen molar-refractivity contribution in [3.8, 4) is 17.5 Å². The van der Waals surface area contributed by atoms with E-state index < -0.39 is 17.8 Å². The third kappa shape index (κ3) is 3.76. The fourth-order valence-corrected chi connectivity index (χ4v) is 3.48. The molecule has 1 aliphatic heterocycles. The summed E-state index contributed by atoms with van der Waals surface area (Å²) in [6.45, 7) is 0.474. The number of halogens is 3. The number of rotatable bonds is 3. The lowest BCUT2D eigenvalue weighted by Gasteiger charge is -2.22. The molecule has 6 nitrogen and oxygen atoms in total. The maximum absolute atomic E-state index is 13.0. The molecular weight excluding hydrogens is 397 g/mol. The van der Waals surface area contributed by atoms with Crippen LogP contribution in [0.2, 0.25) is 0 Å². The van der Waals surface area contributed by atoms with E-state index in [1.165, 1.54) is 18.2 Å². The molecule has 0 saturated carbocycles. The summed E-state index contributed by atoms with van der Waals surface area (Å²) in [5, 5.41) is 12.9. The van der Waals surface area contributed by atoms with Crippen molar-refractivity contribution in [2.75, 3.05) is 6.54 Å². The molecular formula is C21H15F3N4O2. The molecule has 152 valence electrons. The van der Waals surface area contributed by atoms with E-state index in [1.807, 2.05) is 6.07 Å². The van der Waals surface area contributed by atoms with Crippen molar-refractivity contribution in [3.63, 3.8) is 0 Å². The SMILES string of the molecule is N#Cc1cccc(C(=O)N2CCC[C@@H]2c2nc(-c3cccc(C(F)(F)F)c3)no2)c1. The Bertz CT molecular complexity index is 1130. The Kier molecular flexibility index (Phi) is 4.99. The number of benzene rings is 2. The highest BCUT2D eigenvalue weighted by Crippen LogP contribution is 2.35. The van der Waals surface area contributed by atoms with E-state index in [-0.39, 0.29) is 23.2 Å². The fraction of sp³-hybridized carbons (Fsp3) is 0.238. The number of likely N-dealkylation sites (tertiary alicyclic amines) is 1. The van der Waals surface area contributed by atoms with Gasteiger partial charge in [0.05, 0.1) is 17.2 Å². The first-order chi connectivity index (χ1) is 14.4. The minimum absolute atomic E-state index is 0.0295. The molecule has 1 atom stereocenters. The molecule has 30 heavy (non-hydrogen) atoms. The first-order valence-corrected chi connectivity index (χ1v) is 9.19. The standard InChI is InChI=1S/C21H15F3N4O2/c22-21(23,24)16-7-2-5-14(11-16)18-26-19(30-27-18)17-8-3-9-28(17)20(29)15-6-1-4-13(10-15)12-25/h1-2,4-7,10-11,17H,3,8-9H2/t17-/m1/s1. The van der Waals surface area contributed by atoms with Crippen LogP contribution in [0.5, 0.6) is 0 Å². The number of nitriles is 1. The number of hydrogen-bond donors (Lipinski definition) is 0. The maximum atomic E-state index is 13.0. The molecule has 3 aromatic rings. The van der Waals surface area contributed by atoms with Crippen LogP contribution in [-0.4, -0.2) is 27.5 Å². The van der Waals surface area contributed by atoms with Crippen LogP contribution >= 0.6 is 0 Å². The van der Waals surface area contributed by atoms with Gasteiger partial charge in [-0.25, -0.2) is 0 Å². The van der Waals surface area contributed by atoms with Crippen molar-refractivity contribution >= 4 is 5.91 Å². The first-order valence-electron chi connectivity index (χ1n) is 9.19. The van der Waals surface area contributed by atoms with Gasteiger partial charge in [0.1, 0.15) is 6.04 Å². The second-order valence-electron chi connectivity index (χ2n) is 6.88. The van der Waals surface area contributed by atoms with E-state index in [9.17, 15) is 18.0 Å². The number of carbonyl (C=O) groups excluding carboxylic acids is 1. The highest BCUT2D eigenvalue weighted by atomic mass is 19.4. The van der Waals surface area contributed by atoms with Gasteiger partial charge in [0.2, 0.25) is 11.7 Å². The summed E-state index contributed by atoms with van der Waals surface area (Å²) in [4.78, 5) is 18.8. The van der Waals surface area contributed by atoms with Crippen LogP contribution in [0.25, 0.3) is 11.4 Å². The molecule has 0 unspecified atom stereocenters. The normalized spacial score (nSPS) is 16.5. The molecule has 9 heteroatoms. The van der Waals surface area contributed by atoms with E-state index >= 15 is 0 Å². The summed E-state index contributed by atoms with van der Waals surface area (Å²) in [5.74, 6) is -0.0694. The maximum Gasteiger partial charge on any atom is 0.416 e. The Morgan fingerprint density at radius 1 is 1.20 bits per heavy atom. The molecule has 2 aromatic carbocycles. The summed E-state index contributed by atoms with van der Waals surface area (Å²) in [5.41, 5.74) is 0.124. The minimum atomic E-state index is -4.48. The Hall–Kier alpha value is -3.67. The molecule has 1 aromatic heterocycles. The lowest BCUT2D eigenvalue weighted by atomic mass is 10.1. The van der Waals surface area contributed by atoms with Crippen molar-refractivity contribution in [1.82, 2.24) is 15.0 Å². The van der Waals surface area contributed by atoms with Gasteiger partial charge in [0, 0.05) is 17.7 Å². The van der Waals surface area contributed by atoms with Gasteiger partial charge in [-0.3, -0.25) is 4.79 Å². The summed E-state index contributed by atoms with van der Waals surface area (Å²) < 4.78 is 44.2. The number of alkyl halides is 3. The lowest BCUT2D eigenvalue weighted by Crippen LogP contribution is -2.30. The van der Waals surface area contributed by atoms with E-state index in [4.69, 9.17) is 9.78 Å². The van der Waals surface area contributed by atoms with Crippen LogP contribution in [0.15, 0.2) is 53.1 Å². The summed E-state index contributed by atoms with van der Waals surface area (Å²) in [7, 11) is 0. The Morgan fingerprint density at radius 3 is 2.77 bits per heavy atom. The van der Waals surface area contributed by atoms with Gasteiger partial charge in [-0.05, 0) is 43.2 Å². The van der Waals surface area contributed by atoms with Gasteiger partial charge in [-0.2, -0.15) is 23.4 Å². The van der Waals surface area contributed by atoms with Gasteiger partial charge >= 0.3 is 6.18 Å². The molecule has 4 rings (SSSR count). The second-order valence-corrected chi connectivity index (χ2v) is 6.88. The van der Waals surface area contributed by atoms with E-state index in [2.05, 4.69) is 10.1 Å². The van der Waals surface area contributed by atoms with Crippen LogP contribution in [-0.2, 0) is 6.18 Å². The summed E-state index contributed by atoms with van der Waals surface area (Å²) in [6.07, 6.45) is -3.17. The third-order valence-electron chi connectivity index (χ3n) is 4.93. The Balaban J connectivity index is 1.60. The van der Waals surface area contributed by atoms with Gasteiger partial charge in [0.15, 0.2) is 0 Å². The first kappa shape index (κ1) is 19.6. The van der Waals surface area contributed by atoms with Crippen molar-refractivity contribution < 1.29 is 22.5 Å². The molecule has 1 fully saturated rings. The molecule has 0 bridgehead atoms. The predicted octanol–water partition coefficient (Wildman–Crippen LogP) is 4.60. The zero-order valence-corrected chi connectivity index (χ0v) is 15.6. The van der Waals surface area contributed by atoms with E-state index in [0.29, 0.717) is 24.1 Å². The Morgan fingerprint density at radius 2 is 2.00 bits per heavy atom. The molecule has 1 amide bonds. The van der Waals surface area contributed by atoms with Gasteiger partial charge in [-0.15, -0.1) is 0 Å². The van der Waals surface area contributed by atoms with Gasteiger partial charge in [-0.1, -0.05) is 23.4 Å². The van der Waals surface area contributed by atoms with Gasteiger partial charge in [0.25, 0.3) is 5.91 Å². The molecule has 0 radical (unpaired) electrons. The average molecular weight is 412 g/mol. The smallest absolute Gasteiger partial charge is 0.337 e. The zero-order chi connectivity index (χ0) is 21.3. The van der Waals surface area contributed by atoms with Crippen LogP contribution in [0, 0.1) is 11.3 Å². The predicted molar refractivity (Wildman–Crippen MR) is 98.9 cm³/mol. The largest absolute Gasteiger partial charge is 0.416 e. The molecule has 0 aliphatic carbocycles. The summed E-state index contributed by atoms with van der Waals surface area (Å²) in [6, 6.07) is 12.6. The average Bonchev–Trinajstić information content (AvgIpc) is 3.42. The van der Waals surface area contributed by atoms with Crippen molar-refractivity contribution in [2.24, 2.45) is 0 Å². The lowest BCUT2D eigenvalue weighted by molar-refractivity contribution is -0.137. The number of hydrogen-bond acceptors (Lipinski definition) is 5. The topological polar surface area (TPSA) is 83.0 Å². The zero-order valence-electron chi connectivity index (χ0n) is 15.6. The van der Waals surface area contributed by atoms with Crippen molar-refractivity contribution in [3.05, 3.63) is 71.1 Å². The molecule has 1 aliphatic rings. The van der Waals surface area contributed by atoms with Crippen molar-refractivity contribution in [1.29, 1.82) is 5.26 Å². The van der Waals surface area contributed by atoms with Crippen LogP contribution in [0.3, 0.4) is 0 Å². The molecule has 0 N–H and O–H groups in total. The third-order valence-corrected chi connectivity index (χ3v) is 4.93. The number of aromatic nitrogens is 2. The molecule has 0 spiro atoms. The van der Waals surface area contributed by atoms with Gasteiger partial charge < -0.3 is 9.42 Å². The number of carbonyl (C=O) groups is 1. The highest BCUT2D eigenvalue weighted by Gasteiger charge is 2.35. The highest BCUT2D eigenvalue weighted by molar-refractivity contribution is 5.95. The van der Waals surface area contributed by atoms with Crippen molar-refractivity contribution in [2.45, 2.75) is 25.1 Å². The monoisotopic (exact) mass is 412 g/mol. The second kappa shape index (κ2) is 7.63. The van der Waals surface area contributed by atoms with Crippen LogP contribution < -0.4 is 0 Å². The van der Waals surface area contributed by atoms with E-state index in [0.717, 1.165) is 18.6 Å². The summed E-state index contributed by atoms with van der Waals surface area (Å²) >= 11 is 0. The minimum Gasteiger partial charge on any atom is -0.337 e. The number of nitrogens with zero attached hydrogens (tertiary/aromatic N) is 4. The quantitative estimate of drug-likeness (QED) is 0.628. The van der Waals surface area contributed by atoms with Crippen LogP contribution in [0.1, 0.15) is 46.3 Å². The molecule has 1 saturated heterocycles. The Labute approximate surface area is 169 Å². The van der Waals surface area contributed by atoms with Crippen LogP contribution in [0.4, 0.5) is 13.2 Å².